The van der Waals surface area contributed by atoms with Gasteiger partial charge < -0.3 is 14.8 Å². The Morgan fingerprint density at radius 1 is 1.06 bits per heavy atom. The molecular weight excluding hydrogens is 220 g/mol. The molecule has 0 aliphatic carbocycles. The van der Waals surface area contributed by atoms with Crippen molar-refractivity contribution in [2.75, 3.05) is 27.3 Å². The number of ether oxygens (including phenoxy) is 2. The minimum atomic E-state index is 0.320. The van der Waals surface area contributed by atoms with Gasteiger partial charge in [0.15, 0.2) is 0 Å². The monoisotopic (exact) mass is 238 g/mol. The van der Waals surface area contributed by atoms with Crippen LogP contribution in [0.2, 0.25) is 0 Å². The third-order valence-corrected chi connectivity index (χ3v) is 2.94. The largest absolute Gasteiger partial charge is 0.467 e. The van der Waals surface area contributed by atoms with Gasteiger partial charge in [-0.3, -0.25) is 0 Å². The van der Waals surface area contributed by atoms with Gasteiger partial charge in [0.2, 0.25) is 0 Å². The van der Waals surface area contributed by atoms with Gasteiger partial charge >= 0.3 is 12.0 Å². The number of rotatable bonds is 4. The van der Waals surface area contributed by atoms with Crippen LogP contribution in [0.15, 0.2) is 0 Å². The lowest BCUT2D eigenvalue weighted by Crippen LogP contribution is -2.29. The van der Waals surface area contributed by atoms with Gasteiger partial charge in [-0.25, -0.2) is 0 Å². The van der Waals surface area contributed by atoms with Crippen LogP contribution >= 0.6 is 0 Å². The molecule has 1 aromatic rings. The second kappa shape index (κ2) is 5.77. The van der Waals surface area contributed by atoms with E-state index in [2.05, 4.69) is 20.3 Å². The third kappa shape index (κ3) is 3.26. The summed E-state index contributed by atoms with van der Waals surface area (Å²) in [6.07, 6.45) is 3.18. The zero-order valence-corrected chi connectivity index (χ0v) is 10.3. The first kappa shape index (κ1) is 12.0. The van der Waals surface area contributed by atoms with Crippen molar-refractivity contribution in [1.29, 1.82) is 0 Å². The van der Waals surface area contributed by atoms with Gasteiger partial charge in [-0.2, -0.15) is 9.97 Å². The maximum absolute atomic E-state index is 5.03. The molecular formula is C11H18N4O2. The molecule has 0 saturated carbocycles. The van der Waals surface area contributed by atoms with Crippen molar-refractivity contribution < 1.29 is 9.47 Å². The molecule has 1 aliphatic rings. The molecule has 6 heteroatoms. The molecule has 1 N–H and O–H groups in total. The topological polar surface area (TPSA) is 69.2 Å². The average molecular weight is 238 g/mol. The molecule has 0 aromatic carbocycles. The summed E-state index contributed by atoms with van der Waals surface area (Å²) in [6.45, 7) is 2.15. The highest BCUT2D eigenvalue weighted by Crippen LogP contribution is 2.18. The molecule has 17 heavy (non-hydrogen) atoms. The standard InChI is InChI=1S/C11H18N4O2/c1-16-10-13-9(14-11(15-10)17-2)7-8-3-5-12-6-4-8/h8,12H,3-7H2,1-2H3. The van der Waals surface area contributed by atoms with Crippen LogP contribution < -0.4 is 14.8 Å². The Morgan fingerprint density at radius 3 is 2.18 bits per heavy atom. The van der Waals surface area contributed by atoms with Crippen LogP contribution in [0.5, 0.6) is 12.0 Å². The van der Waals surface area contributed by atoms with Crippen molar-refractivity contribution in [2.24, 2.45) is 5.92 Å². The van der Waals surface area contributed by atoms with Crippen molar-refractivity contribution in [3.8, 4) is 12.0 Å². The molecule has 6 nitrogen and oxygen atoms in total. The van der Waals surface area contributed by atoms with E-state index in [0.717, 1.165) is 38.2 Å². The molecule has 0 bridgehead atoms. The Bertz CT molecular complexity index is 344. The van der Waals surface area contributed by atoms with Crippen molar-refractivity contribution in [2.45, 2.75) is 19.3 Å². The van der Waals surface area contributed by atoms with Crippen LogP contribution in [-0.2, 0) is 6.42 Å². The van der Waals surface area contributed by atoms with Crippen LogP contribution in [0.25, 0.3) is 0 Å². The molecule has 94 valence electrons. The van der Waals surface area contributed by atoms with Crippen molar-refractivity contribution >= 4 is 0 Å². The van der Waals surface area contributed by atoms with Crippen LogP contribution in [0.3, 0.4) is 0 Å². The van der Waals surface area contributed by atoms with E-state index in [4.69, 9.17) is 9.47 Å². The molecule has 0 radical (unpaired) electrons. The van der Waals surface area contributed by atoms with Crippen LogP contribution in [-0.4, -0.2) is 42.3 Å². The lowest BCUT2D eigenvalue weighted by atomic mass is 9.94. The summed E-state index contributed by atoms with van der Waals surface area (Å²) in [6, 6.07) is 0.640. The van der Waals surface area contributed by atoms with Gasteiger partial charge in [0.25, 0.3) is 0 Å². The normalized spacial score (nSPS) is 16.8. The zero-order chi connectivity index (χ0) is 12.1. The summed E-state index contributed by atoms with van der Waals surface area (Å²) in [5, 5.41) is 3.34. The summed E-state index contributed by atoms with van der Waals surface area (Å²) in [5.74, 6) is 1.38. The summed E-state index contributed by atoms with van der Waals surface area (Å²) >= 11 is 0. The number of hydrogen-bond donors (Lipinski definition) is 1. The van der Waals surface area contributed by atoms with E-state index in [1.54, 1.807) is 14.2 Å². The van der Waals surface area contributed by atoms with Crippen LogP contribution in [0.4, 0.5) is 0 Å². The van der Waals surface area contributed by atoms with Crippen LogP contribution in [0, 0.1) is 5.92 Å². The maximum atomic E-state index is 5.03. The van der Waals surface area contributed by atoms with Gasteiger partial charge in [0.1, 0.15) is 5.82 Å². The Kier molecular flexibility index (Phi) is 4.08. The van der Waals surface area contributed by atoms with Gasteiger partial charge in [-0.1, -0.05) is 0 Å². The van der Waals surface area contributed by atoms with E-state index in [-0.39, 0.29) is 0 Å². The molecule has 1 fully saturated rings. The first-order valence-electron chi connectivity index (χ1n) is 5.85. The molecule has 1 aromatic heterocycles. The molecule has 0 amide bonds. The fourth-order valence-corrected chi connectivity index (χ4v) is 2.00. The highest BCUT2D eigenvalue weighted by atomic mass is 16.5. The number of methoxy groups -OCH3 is 2. The summed E-state index contributed by atoms with van der Waals surface area (Å²) in [7, 11) is 3.09. The number of hydrogen-bond acceptors (Lipinski definition) is 6. The second-order valence-corrected chi connectivity index (χ2v) is 4.12. The fourth-order valence-electron chi connectivity index (χ4n) is 2.00. The van der Waals surface area contributed by atoms with Crippen molar-refractivity contribution in [3.63, 3.8) is 0 Å². The SMILES string of the molecule is COc1nc(CC2CCNCC2)nc(OC)n1. The minimum absolute atomic E-state index is 0.320. The number of piperidine rings is 1. The summed E-state index contributed by atoms with van der Waals surface area (Å²) in [5.41, 5.74) is 0. The van der Waals surface area contributed by atoms with E-state index < -0.39 is 0 Å². The highest BCUT2D eigenvalue weighted by molar-refractivity contribution is 5.05. The Morgan fingerprint density at radius 2 is 1.65 bits per heavy atom. The fraction of sp³-hybridized carbons (Fsp3) is 0.727. The lowest BCUT2D eigenvalue weighted by molar-refractivity contribution is 0.326. The summed E-state index contributed by atoms with van der Waals surface area (Å²) in [4.78, 5) is 12.5. The zero-order valence-electron chi connectivity index (χ0n) is 10.3. The maximum Gasteiger partial charge on any atom is 0.322 e. The van der Waals surface area contributed by atoms with Crippen molar-refractivity contribution in [1.82, 2.24) is 20.3 Å². The van der Waals surface area contributed by atoms with E-state index >= 15 is 0 Å². The Hall–Kier alpha value is -1.43. The minimum Gasteiger partial charge on any atom is -0.467 e. The molecule has 0 spiro atoms. The molecule has 0 unspecified atom stereocenters. The average Bonchev–Trinajstić information content (AvgIpc) is 2.39. The van der Waals surface area contributed by atoms with E-state index in [9.17, 15) is 0 Å². The van der Waals surface area contributed by atoms with E-state index in [1.807, 2.05) is 0 Å². The van der Waals surface area contributed by atoms with Gasteiger partial charge in [-0.05, 0) is 31.8 Å². The quantitative estimate of drug-likeness (QED) is 0.820. The highest BCUT2D eigenvalue weighted by Gasteiger charge is 2.16. The van der Waals surface area contributed by atoms with E-state index in [1.165, 1.54) is 0 Å². The smallest absolute Gasteiger partial charge is 0.322 e. The second-order valence-electron chi connectivity index (χ2n) is 4.12. The first-order chi connectivity index (χ1) is 8.31. The van der Waals surface area contributed by atoms with Gasteiger partial charge in [-0.15, -0.1) is 4.98 Å². The van der Waals surface area contributed by atoms with Gasteiger partial charge in [0.05, 0.1) is 14.2 Å². The third-order valence-electron chi connectivity index (χ3n) is 2.94. The predicted octanol–water partition coefficient (Wildman–Crippen LogP) is 0.431. The Labute approximate surface area is 101 Å². The number of nitrogens with zero attached hydrogens (tertiary/aromatic N) is 3. The molecule has 2 heterocycles. The molecule has 0 atom stereocenters. The first-order valence-corrected chi connectivity index (χ1v) is 5.85. The van der Waals surface area contributed by atoms with Crippen LogP contribution in [0.1, 0.15) is 18.7 Å². The molecule has 2 rings (SSSR count). The Balaban J connectivity index is 2.07. The predicted molar refractivity (Wildman–Crippen MR) is 62.2 cm³/mol. The van der Waals surface area contributed by atoms with Gasteiger partial charge in [0, 0.05) is 6.42 Å². The van der Waals surface area contributed by atoms with E-state index in [0.29, 0.717) is 17.9 Å². The van der Waals surface area contributed by atoms with Crippen molar-refractivity contribution in [3.05, 3.63) is 5.82 Å². The molecule has 1 saturated heterocycles. The summed E-state index contributed by atoms with van der Waals surface area (Å²) < 4.78 is 10.1. The lowest BCUT2D eigenvalue weighted by Gasteiger charge is -2.21. The number of aromatic nitrogens is 3. The number of nitrogens with one attached hydrogen (secondary N) is 1. The molecule has 1 aliphatic heterocycles.